The van der Waals surface area contributed by atoms with E-state index in [1.165, 1.54) is 0 Å². The summed E-state index contributed by atoms with van der Waals surface area (Å²) >= 11 is 1.64. The zero-order chi connectivity index (χ0) is 22.6. The van der Waals surface area contributed by atoms with Gasteiger partial charge in [0.05, 0.1) is 12.2 Å². The summed E-state index contributed by atoms with van der Waals surface area (Å²) in [5.41, 5.74) is 2.08. The number of hydrogen-bond acceptors (Lipinski definition) is 7. The molecule has 8 nitrogen and oxygen atoms in total. The highest BCUT2D eigenvalue weighted by atomic mass is 32.1. The van der Waals surface area contributed by atoms with Crippen LogP contribution in [-0.4, -0.2) is 43.7 Å². The van der Waals surface area contributed by atoms with Crippen LogP contribution >= 0.6 is 11.3 Å². The van der Waals surface area contributed by atoms with Crippen LogP contribution in [0.1, 0.15) is 23.4 Å². The first-order valence-corrected chi connectivity index (χ1v) is 11.9. The molecule has 4 aromatic rings. The lowest BCUT2D eigenvalue weighted by atomic mass is 9.96. The monoisotopic (exact) mass is 459 g/mol. The highest BCUT2D eigenvalue weighted by molar-refractivity contribution is 7.15. The van der Waals surface area contributed by atoms with Gasteiger partial charge >= 0.3 is 0 Å². The Balaban J connectivity index is 1.16. The zero-order valence-corrected chi connectivity index (χ0v) is 19.2. The molecule has 5 rings (SSSR count). The van der Waals surface area contributed by atoms with Crippen LogP contribution in [0.15, 0.2) is 61.2 Å². The number of nitrogens with one attached hydrogen (secondary N) is 1. The van der Waals surface area contributed by atoms with E-state index in [0.29, 0.717) is 6.54 Å². The molecule has 0 unspecified atom stereocenters. The molecule has 168 valence electrons. The maximum absolute atomic E-state index is 12.8. The molecule has 1 aliphatic rings. The van der Waals surface area contributed by atoms with E-state index in [9.17, 15) is 4.79 Å². The van der Waals surface area contributed by atoms with Gasteiger partial charge in [-0.1, -0.05) is 30.3 Å². The van der Waals surface area contributed by atoms with Crippen LogP contribution in [0.3, 0.4) is 0 Å². The summed E-state index contributed by atoms with van der Waals surface area (Å²) in [6.07, 6.45) is 6.73. The topological polar surface area (TPSA) is 88.8 Å². The summed E-state index contributed by atoms with van der Waals surface area (Å²) in [6.45, 7) is 4.09. The Morgan fingerprint density at radius 2 is 1.91 bits per heavy atom. The second-order valence-corrected chi connectivity index (χ2v) is 9.14. The number of hydrogen-bond donors (Lipinski definition) is 1. The van der Waals surface area contributed by atoms with E-state index in [4.69, 9.17) is 0 Å². The second kappa shape index (κ2) is 9.50. The standard InChI is InChI=1S/C24H25N7OS/c1-17-20(33-24(29-17)19-6-3-2-4-7-19)15-25-23(32)18-8-12-30(13-9-18)21-14-22(27-16-26-21)31-11-5-10-28-31/h2-7,10-11,14,16,18H,8-9,12-13,15H2,1H3,(H,25,32). The minimum atomic E-state index is 0.00972. The van der Waals surface area contributed by atoms with E-state index in [-0.39, 0.29) is 11.8 Å². The Kier molecular flexibility index (Phi) is 6.12. The SMILES string of the molecule is Cc1nc(-c2ccccc2)sc1CNC(=O)C1CCN(c2cc(-n3cccn3)ncn2)CC1. The van der Waals surface area contributed by atoms with Crippen LogP contribution in [0.2, 0.25) is 0 Å². The maximum atomic E-state index is 12.8. The Hall–Kier alpha value is -3.59. The van der Waals surface area contributed by atoms with Gasteiger partial charge in [-0.2, -0.15) is 5.10 Å². The van der Waals surface area contributed by atoms with Crippen molar-refractivity contribution >= 4 is 23.1 Å². The van der Waals surface area contributed by atoms with Gasteiger partial charge in [0.15, 0.2) is 5.82 Å². The van der Waals surface area contributed by atoms with Gasteiger partial charge in [0.2, 0.25) is 5.91 Å². The normalized spacial score (nSPS) is 14.4. The lowest BCUT2D eigenvalue weighted by molar-refractivity contribution is -0.125. The summed E-state index contributed by atoms with van der Waals surface area (Å²) in [5.74, 6) is 1.72. The number of thiazole rings is 1. The van der Waals surface area contributed by atoms with Crippen molar-refractivity contribution in [1.82, 2.24) is 30.0 Å². The molecule has 1 saturated heterocycles. The summed E-state index contributed by atoms with van der Waals surface area (Å²) in [5, 5.41) is 8.35. The summed E-state index contributed by atoms with van der Waals surface area (Å²) in [7, 11) is 0. The minimum absolute atomic E-state index is 0.00972. The number of carbonyl (C=O) groups excluding carboxylic acids is 1. The van der Waals surface area contributed by atoms with Crippen molar-refractivity contribution in [1.29, 1.82) is 0 Å². The van der Waals surface area contributed by atoms with Crippen LogP contribution in [0.4, 0.5) is 5.82 Å². The van der Waals surface area contributed by atoms with E-state index in [1.807, 2.05) is 43.5 Å². The predicted octanol–water partition coefficient (Wildman–Crippen LogP) is 3.63. The Morgan fingerprint density at radius 3 is 2.67 bits per heavy atom. The predicted molar refractivity (Wildman–Crippen MR) is 128 cm³/mol. The third-order valence-electron chi connectivity index (χ3n) is 5.90. The number of amides is 1. The maximum Gasteiger partial charge on any atom is 0.223 e. The summed E-state index contributed by atoms with van der Waals surface area (Å²) in [4.78, 5) is 29.5. The van der Waals surface area contributed by atoms with Crippen molar-refractivity contribution in [2.45, 2.75) is 26.3 Å². The highest BCUT2D eigenvalue weighted by Crippen LogP contribution is 2.28. The largest absolute Gasteiger partial charge is 0.356 e. The molecular formula is C24H25N7OS. The van der Waals surface area contributed by atoms with Gasteiger partial charge in [-0.15, -0.1) is 11.3 Å². The minimum Gasteiger partial charge on any atom is -0.356 e. The lowest BCUT2D eigenvalue weighted by Gasteiger charge is -2.32. The smallest absolute Gasteiger partial charge is 0.223 e. The first-order valence-electron chi connectivity index (χ1n) is 11.0. The summed E-state index contributed by atoms with van der Waals surface area (Å²) in [6, 6.07) is 13.9. The third-order valence-corrected chi connectivity index (χ3v) is 7.11. The van der Waals surface area contributed by atoms with Crippen molar-refractivity contribution in [3.63, 3.8) is 0 Å². The van der Waals surface area contributed by atoms with Gasteiger partial charge in [0, 0.05) is 47.9 Å². The molecule has 0 aliphatic carbocycles. The second-order valence-electron chi connectivity index (χ2n) is 8.06. The van der Waals surface area contributed by atoms with Gasteiger partial charge in [0.25, 0.3) is 0 Å². The molecule has 3 aromatic heterocycles. The van der Waals surface area contributed by atoms with Gasteiger partial charge in [-0.3, -0.25) is 4.79 Å². The average Bonchev–Trinajstić information content (AvgIpc) is 3.54. The molecule has 0 atom stereocenters. The van der Waals surface area contributed by atoms with E-state index in [0.717, 1.165) is 58.7 Å². The number of carbonyl (C=O) groups is 1. The van der Waals surface area contributed by atoms with Crippen molar-refractivity contribution in [3.05, 3.63) is 71.8 Å². The van der Waals surface area contributed by atoms with E-state index >= 15 is 0 Å². The molecule has 33 heavy (non-hydrogen) atoms. The van der Waals surface area contributed by atoms with Crippen molar-refractivity contribution in [2.24, 2.45) is 5.92 Å². The Bertz CT molecular complexity index is 1210. The molecule has 1 N–H and O–H groups in total. The fourth-order valence-corrected chi connectivity index (χ4v) is 5.03. The van der Waals surface area contributed by atoms with E-state index in [1.54, 1.807) is 28.5 Å². The van der Waals surface area contributed by atoms with Crippen LogP contribution in [0.25, 0.3) is 16.4 Å². The average molecular weight is 460 g/mol. The number of aryl methyl sites for hydroxylation is 1. The van der Waals surface area contributed by atoms with Crippen molar-refractivity contribution in [2.75, 3.05) is 18.0 Å². The van der Waals surface area contributed by atoms with Crippen LogP contribution in [-0.2, 0) is 11.3 Å². The number of rotatable bonds is 6. The third kappa shape index (κ3) is 4.78. The quantitative estimate of drug-likeness (QED) is 0.474. The summed E-state index contributed by atoms with van der Waals surface area (Å²) < 4.78 is 1.72. The van der Waals surface area contributed by atoms with Crippen molar-refractivity contribution in [3.8, 4) is 16.4 Å². The number of piperidine rings is 1. The first kappa shape index (κ1) is 21.3. The fraction of sp³-hybridized carbons (Fsp3) is 0.292. The van der Waals surface area contributed by atoms with Crippen LogP contribution in [0.5, 0.6) is 0 Å². The zero-order valence-electron chi connectivity index (χ0n) is 18.4. The molecule has 0 bridgehead atoms. The molecular weight excluding hydrogens is 434 g/mol. The molecule has 1 aromatic carbocycles. The lowest BCUT2D eigenvalue weighted by Crippen LogP contribution is -2.40. The molecule has 1 fully saturated rings. The van der Waals surface area contributed by atoms with Crippen LogP contribution in [0, 0.1) is 12.8 Å². The highest BCUT2D eigenvalue weighted by Gasteiger charge is 2.26. The van der Waals surface area contributed by atoms with E-state index < -0.39 is 0 Å². The van der Waals surface area contributed by atoms with Crippen LogP contribution < -0.4 is 10.2 Å². The Morgan fingerprint density at radius 1 is 1.12 bits per heavy atom. The number of anilines is 1. The molecule has 0 spiro atoms. The fourth-order valence-electron chi connectivity index (χ4n) is 4.02. The molecule has 4 heterocycles. The number of nitrogens with zero attached hydrogens (tertiary/aromatic N) is 6. The first-order chi connectivity index (χ1) is 16.2. The van der Waals surface area contributed by atoms with Gasteiger partial charge in [0.1, 0.15) is 17.2 Å². The van der Waals surface area contributed by atoms with E-state index in [2.05, 4.69) is 42.4 Å². The molecule has 1 aliphatic heterocycles. The van der Waals surface area contributed by atoms with Gasteiger partial charge in [-0.25, -0.2) is 19.6 Å². The molecule has 0 saturated carbocycles. The number of benzene rings is 1. The molecule has 9 heteroatoms. The number of aromatic nitrogens is 5. The van der Waals surface area contributed by atoms with Gasteiger partial charge < -0.3 is 10.2 Å². The molecule has 1 amide bonds. The Labute approximate surface area is 196 Å². The van der Waals surface area contributed by atoms with Gasteiger partial charge in [-0.05, 0) is 25.8 Å². The van der Waals surface area contributed by atoms with Crippen molar-refractivity contribution < 1.29 is 4.79 Å². The molecule has 0 radical (unpaired) electrons.